The first kappa shape index (κ1) is 74.3. The molecule has 35 heteroatoms. The highest BCUT2D eigenvalue weighted by molar-refractivity contribution is 7.98. The van der Waals surface area contributed by atoms with Crippen molar-refractivity contribution in [3.8, 4) is 0 Å². The first-order valence-electron chi connectivity index (χ1n) is 26.7. The highest BCUT2D eigenvalue weighted by Gasteiger charge is 2.41. The average molecular weight is 1240 g/mol. The summed E-state index contributed by atoms with van der Waals surface area (Å²) in [5.41, 5.74) is 27.5. The monoisotopic (exact) mass is 1240 g/mol. The molecule has 1 aliphatic rings. The number of amides is 12. The molecule has 0 bridgehead atoms. The van der Waals surface area contributed by atoms with Crippen LogP contribution >= 0.6 is 37.0 Å². The van der Waals surface area contributed by atoms with Crippen molar-refractivity contribution in [3.63, 3.8) is 0 Å². The van der Waals surface area contributed by atoms with Crippen LogP contribution in [0.2, 0.25) is 0 Å². The zero-order valence-electron chi connectivity index (χ0n) is 47.2. The van der Waals surface area contributed by atoms with Gasteiger partial charge in [-0.3, -0.25) is 62.5 Å². The lowest BCUT2D eigenvalue weighted by atomic mass is 10.0. The van der Waals surface area contributed by atoms with Gasteiger partial charge in [-0.15, -0.1) is 0 Å². The van der Waals surface area contributed by atoms with Crippen LogP contribution in [0, 0.1) is 5.92 Å². The highest BCUT2D eigenvalue weighted by atomic mass is 32.2. The quantitative estimate of drug-likeness (QED) is 0.0118. The molecule has 1 aliphatic heterocycles. The molecule has 83 heavy (non-hydrogen) atoms. The highest BCUT2D eigenvalue weighted by Crippen LogP contribution is 2.21. The SMILES string of the molecule is CSCC[C@H](NC(=O)[C@H](C)N)C(=O)N[C@@H](CS)C(=O)N[C@@H](CC(N)=O)C(=O)N[C@@H](CCCN=C(N)N)C(=O)N[C@H](C(=O)N1CCC[C@H]1C(=O)N[C@@H](CS)C(=O)N[C@H](C(=O)NCC(=O)NCC(=O)N[C@@H](CCCCN)C(=O)O)[C@@H](C)O)C(C)C. The second kappa shape index (κ2) is 39.0. The van der Waals surface area contributed by atoms with Crippen LogP contribution in [0.4, 0.5) is 0 Å². The van der Waals surface area contributed by atoms with Gasteiger partial charge in [-0.1, -0.05) is 13.8 Å². The van der Waals surface area contributed by atoms with Crippen molar-refractivity contribution in [2.45, 2.75) is 152 Å². The molecule has 12 amide bonds. The van der Waals surface area contributed by atoms with Gasteiger partial charge in [0, 0.05) is 24.6 Å². The van der Waals surface area contributed by atoms with E-state index in [1.807, 2.05) is 0 Å². The molecule has 0 aliphatic carbocycles. The standard InChI is InChI=1S/C48H85N17O15S3/c1-23(2)36(63-40(72)26(11-8-15-54-48(52)53)59-41(73)29(18-33(51)67)60-42(74)30(21-81)61-39(71)27(13-17-83-5)58-38(70)24(3)50)46(78)65-16-9-12-32(65)44(76)62-31(22-82)43(75)64-37(25(4)66)45(77)56-19-34(68)55-20-35(69)57-28(47(79)80)10-6-7-14-49/h23-32,36-37,66,81-82H,6-22,49-50H2,1-5H3,(H2,51,67)(H,55,68)(H,56,77)(H,57,69)(H,58,70)(H,59,73)(H,60,74)(H,61,71)(H,62,76)(H,63,72)(H,64,75)(H,79,80)(H4,52,53,54)/t24-,25+,26-,27-,28-,29-,30-,31-,32-,36-,37-/m0/s1. The van der Waals surface area contributed by atoms with E-state index in [4.69, 9.17) is 28.7 Å². The molecule has 22 N–H and O–H groups in total. The van der Waals surface area contributed by atoms with Crippen LogP contribution in [0.5, 0.6) is 0 Å². The number of nitrogens with one attached hydrogen (secondary N) is 10. The first-order valence-corrected chi connectivity index (χ1v) is 29.4. The first-order chi connectivity index (χ1) is 39.0. The summed E-state index contributed by atoms with van der Waals surface area (Å²) in [5, 5.41) is 43.8. The van der Waals surface area contributed by atoms with Crippen molar-refractivity contribution in [1.29, 1.82) is 0 Å². The third-order valence-corrected chi connectivity index (χ3v) is 13.9. The molecule has 0 aromatic heterocycles. The maximum absolute atomic E-state index is 14.4. The Hall–Kier alpha value is -6.69. The van der Waals surface area contributed by atoms with Crippen LogP contribution in [-0.2, 0) is 62.3 Å². The van der Waals surface area contributed by atoms with Gasteiger partial charge in [0.05, 0.1) is 31.7 Å². The number of aliphatic carboxylic acids is 1. The second-order valence-corrected chi connectivity index (χ2v) is 21.5. The Balaban J connectivity index is 3.24. The Bertz CT molecular complexity index is 2280. The van der Waals surface area contributed by atoms with E-state index in [2.05, 4.69) is 83.4 Å². The Kier molecular flexibility index (Phi) is 34.9. The van der Waals surface area contributed by atoms with E-state index in [1.54, 1.807) is 20.1 Å². The zero-order chi connectivity index (χ0) is 63.1. The number of aliphatic imine (C=N–C) groups is 1. The topological polar surface area (TPSA) is 528 Å². The molecule has 11 atom stereocenters. The van der Waals surface area contributed by atoms with Crippen molar-refractivity contribution in [1.82, 2.24) is 58.1 Å². The lowest BCUT2D eigenvalue weighted by molar-refractivity contribution is -0.143. The Morgan fingerprint density at radius 1 is 0.627 bits per heavy atom. The maximum Gasteiger partial charge on any atom is 0.326 e. The number of aliphatic hydroxyl groups excluding tert-OH is 1. The molecule has 0 unspecified atom stereocenters. The van der Waals surface area contributed by atoms with Gasteiger partial charge in [0.2, 0.25) is 70.9 Å². The number of thiol groups is 2. The maximum atomic E-state index is 14.4. The number of rotatable bonds is 39. The van der Waals surface area contributed by atoms with Crippen LogP contribution in [0.1, 0.15) is 85.5 Å². The fraction of sp³-hybridized carbons (Fsp3) is 0.708. The zero-order valence-corrected chi connectivity index (χ0v) is 49.8. The number of carboxylic acid groups (broad SMARTS) is 1. The van der Waals surface area contributed by atoms with Gasteiger partial charge in [-0.25, -0.2) is 4.79 Å². The predicted molar refractivity (Wildman–Crippen MR) is 311 cm³/mol. The minimum atomic E-state index is -1.73. The number of carbonyl (C=O) groups excluding carboxylic acids is 12. The van der Waals surface area contributed by atoms with Gasteiger partial charge in [-0.2, -0.15) is 37.0 Å². The van der Waals surface area contributed by atoms with Crippen LogP contribution in [0.25, 0.3) is 0 Å². The van der Waals surface area contributed by atoms with E-state index in [1.165, 1.54) is 23.6 Å². The van der Waals surface area contributed by atoms with Gasteiger partial charge in [0.15, 0.2) is 5.96 Å². The molecule has 1 rings (SSSR count). The van der Waals surface area contributed by atoms with Gasteiger partial charge in [0.25, 0.3) is 0 Å². The molecular weight excluding hydrogens is 1150 g/mol. The number of primary amides is 1. The van der Waals surface area contributed by atoms with Crippen molar-refractivity contribution in [2.75, 3.05) is 56.2 Å². The minimum Gasteiger partial charge on any atom is -0.480 e. The molecule has 1 saturated heterocycles. The predicted octanol–water partition coefficient (Wildman–Crippen LogP) is -7.77. The summed E-state index contributed by atoms with van der Waals surface area (Å²) in [6.45, 7) is 4.74. The van der Waals surface area contributed by atoms with Crippen molar-refractivity contribution >= 4 is 120 Å². The number of likely N-dealkylation sites (tertiary alicyclic amines) is 1. The van der Waals surface area contributed by atoms with Gasteiger partial charge >= 0.3 is 5.97 Å². The van der Waals surface area contributed by atoms with E-state index < -0.39 is 169 Å². The van der Waals surface area contributed by atoms with Gasteiger partial charge < -0.3 is 96.9 Å². The summed E-state index contributed by atoms with van der Waals surface area (Å²) < 4.78 is 0. The summed E-state index contributed by atoms with van der Waals surface area (Å²) in [4.78, 5) is 176. The summed E-state index contributed by atoms with van der Waals surface area (Å²) in [6, 6.07) is -13.6. The number of nitrogens with zero attached hydrogens (tertiary/aromatic N) is 2. The number of hydrogen-bond donors (Lipinski definition) is 19. The lowest BCUT2D eigenvalue weighted by Crippen LogP contribution is -2.61. The van der Waals surface area contributed by atoms with Crippen molar-refractivity contribution in [3.05, 3.63) is 0 Å². The number of nitrogens with two attached hydrogens (primary N) is 5. The molecule has 0 saturated carbocycles. The van der Waals surface area contributed by atoms with Crippen LogP contribution in [-0.4, -0.2) is 221 Å². The Morgan fingerprint density at radius 3 is 1.70 bits per heavy atom. The number of carbonyl (C=O) groups is 13. The van der Waals surface area contributed by atoms with Crippen molar-refractivity contribution in [2.24, 2.45) is 39.6 Å². The lowest BCUT2D eigenvalue weighted by Gasteiger charge is -2.32. The van der Waals surface area contributed by atoms with Gasteiger partial charge in [-0.05, 0) is 89.7 Å². The number of hydrogen-bond acceptors (Lipinski definition) is 20. The molecular formula is C48H85N17O15S3. The van der Waals surface area contributed by atoms with Crippen LogP contribution in [0.15, 0.2) is 4.99 Å². The molecule has 0 aromatic rings. The van der Waals surface area contributed by atoms with E-state index in [9.17, 15) is 72.5 Å². The van der Waals surface area contributed by atoms with E-state index >= 15 is 0 Å². The van der Waals surface area contributed by atoms with Gasteiger partial charge in [0.1, 0.15) is 54.4 Å². The average Bonchev–Trinajstić information content (AvgIpc) is 4.11. The minimum absolute atomic E-state index is 0.0231. The molecule has 470 valence electrons. The third-order valence-electron chi connectivity index (χ3n) is 12.5. The molecule has 32 nitrogen and oxygen atoms in total. The molecule has 0 aromatic carbocycles. The molecule has 1 heterocycles. The van der Waals surface area contributed by atoms with E-state index in [0.717, 1.165) is 6.92 Å². The normalized spacial score (nSPS) is 16.5. The summed E-state index contributed by atoms with van der Waals surface area (Å²) in [7, 11) is 0. The second-order valence-electron chi connectivity index (χ2n) is 19.7. The Labute approximate surface area is 496 Å². The molecule has 1 fully saturated rings. The number of carboxylic acids is 1. The molecule has 0 spiro atoms. The summed E-state index contributed by atoms with van der Waals surface area (Å²) in [5.74, 6) is -13.1. The fourth-order valence-electron chi connectivity index (χ4n) is 7.89. The van der Waals surface area contributed by atoms with Crippen LogP contribution < -0.4 is 81.8 Å². The number of unbranched alkanes of at least 4 members (excludes halogenated alkanes) is 1. The number of guanidine groups is 1. The van der Waals surface area contributed by atoms with Crippen LogP contribution in [0.3, 0.4) is 0 Å². The van der Waals surface area contributed by atoms with E-state index in [0.29, 0.717) is 31.6 Å². The summed E-state index contributed by atoms with van der Waals surface area (Å²) >= 11 is 9.76. The summed E-state index contributed by atoms with van der Waals surface area (Å²) in [6.07, 6.45) is 0.983. The number of thioether (sulfide) groups is 1. The van der Waals surface area contributed by atoms with Crippen molar-refractivity contribution < 1.29 is 72.5 Å². The number of aliphatic hydroxyl groups is 1. The third kappa shape index (κ3) is 27.5. The smallest absolute Gasteiger partial charge is 0.326 e. The Morgan fingerprint density at radius 2 is 1.14 bits per heavy atom. The molecule has 0 radical (unpaired) electrons. The fourth-order valence-corrected chi connectivity index (χ4v) is 8.87. The van der Waals surface area contributed by atoms with E-state index in [-0.39, 0.29) is 62.7 Å². The largest absolute Gasteiger partial charge is 0.480 e.